The molecule has 4 aliphatic carbocycles. The molecule has 0 bridgehead atoms. The quantitative estimate of drug-likeness (QED) is 0.109. The van der Waals surface area contributed by atoms with Crippen molar-refractivity contribution in [2.45, 2.75) is 132 Å². The predicted octanol–water partition coefficient (Wildman–Crippen LogP) is 6.03. The monoisotopic (exact) mass is 682 g/mol. The number of nitrogens with zero attached hydrogens (tertiary/aromatic N) is 1. The molecule has 0 heterocycles. The van der Waals surface area contributed by atoms with Crippen molar-refractivity contribution in [1.29, 1.82) is 0 Å². The number of carbonyl (C=O) groups is 1. The van der Waals surface area contributed by atoms with Crippen LogP contribution in [0.1, 0.15) is 132 Å². The molecule has 0 saturated heterocycles. The second-order valence-corrected chi connectivity index (χ2v) is 15.9. The average molecular weight is 683 g/mol. The Balaban J connectivity index is 0.00000462. The van der Waals surface area contributed by atoms with Gasteiger partial charge in [-0.15, -0.1) is 0 Å². The van der Waals surface area contributed by atoms with Gasteiger partial charge in [0.2, 0.25) is 5.91 Å². The lowest BCUT2D eigenvalue weighted by Crippen LogP contribution is -3.00. The van der Waals surface area contributed by atoms with Crippen molar-refractivity contribution in [2.24, 2.45) is 52.3 Å². The van der Waals surface area contributed by atoms with Crippen molar-refractivity contribution in [3.8, 4) is 0 Å². The molecule has 3 fully saturated rings. The summed E-state index contributed by atoms with van der Waals surface area (Å²) in [4.78, 5) is 13.3. The third-order valence-corrected chi connectivity index (χ3v) is 13.8. The van der Waals surface area contributed by atoms with Gasteiger partial charge in [-0.25, -0.2) is 0 Å². The van der Waals surface area contributed by atoms with E-state index >= 15 is 0 Å². The largest absolute Gasteiger partial charge is 1.00 e. The Bertz CT molecular complexity index is 872. The molecular formula is C37H67IN2O. The fourth-order valence-corrected chi connectivity index (χ4v) is 10.8. The fraction of sp³-hybridized carbons (Fsp3) is 0.919. The summed E-state index contributed by atoms with van der Waals surface area (Å²) >= 11 is 0. The van der Waals surface area contributed by atoms with Crippen LogP contribution in [-0.4, -0.2) is 43.1 Å². The second-order valence-electron chi connectivity index (χ2n) is 15.9. The van der Waals surface area contributed by atoms with E-state index in [4.69, 9.17) is 0 Å². The third-order valence-electron chi connectivity index (χ3n) is 13.8. The summed E-state index contributed by atoms with van der Waals surface area (Å²) in [7, 11) is 0. The molecule has 1 amide bonds. The van der Waals surface area contributed by atoms with Crippen LogP contribution < -0.4 is 29.3 Å². The highest BCUT2D eigenvalue weighted by Crippen LogP contribution is 2.67. The van der Waals surface area contributed by atoms with Gasteiger partial charge in [-0.1, -0.05) is 65.5 Å². The van der Waals surface area contributed by atoms with Crippen LogP contribution in [0, 0.1) is 52.3 Å². The van der Waals surface area contributed by atoms with Gasteiger partial charge in [0, 0.05) is 18.9 Å². The number of quaternary nitrogens is 1. The molecule has 8 atom stereocenters. The Morgan fingerprint density at radius 2 is 1.66 bits per heavy atom. The summed E-state index contributed by atoms with van der Waals surface area (Å²) in [6, 6.07) is 0. The molecule has 3 nitrogen and oxygen atoms in total. The van der Waals surface area contributed by atoms with E-state index in [1.165, 1.54) is 88.4 Å². The zero-order chi connectivity index (χ0) is 29.1. The molecule has 0 aromatic heterocycles. The Morgan fingerprint density at radius 1 is 0.951 bits per heavy atom. The van der Waals surface area contributed by atoms with E-state index in [1.807, 2.05) is 0 Å². The number of allylic oxidation sites excluding steroid dienone is 2. The van der Waals surface area contributed by atoms with Gasteiger partial charge in [-0.3, -0.25) is 4.79 Å². The molecule has 41 heavy (non-hydrogen) atoms. The van der Waals surface area contributed by atoms with Crippen LogP contribution in [0.25, 0.3) is 0 Å². The van der Waals surface area contributed by atoms with Gasteiger partial charge in [0.15, 0.2) is 0 Å². The second kappa shape index (κ2) is 14.8. The molecule has 1 N–H and O–H groups in total. The van der Waals surface area contributed by atoms with Crippen LogP contribution >= 0.6 is 0 Å². The number of hydrogen-bond acceptors (Lipinski definition) is 1. The Labute approximate surface area is 272 Å². The first kappa shape index (κ1) is 35.4. The van der Waals surface area contributed by atoms with Crippen LogP contribution in [0.3, 0.4) is 0 Å². The third kappa shape index (κ3) is 7.25. The highest BCUT2D eigenvalue weighted by Gasteiger charge is 2.59. The van der Waals surface area contributed by atoms with Crippen LogP contribution in [0.2, 0.25) is 0 Å². The van der Waals surface area contributed by atoms with Crippen LogP contribution in [-0.2, 0) is 4.79 Å². The number of halogens is 1. The van der Waals surface area contributed by atoms with Gasteiger partial charge < -0.3 is 33.8 Å². The molecule has 4 aliphatic rings. The van der Waals surface area contributed by atoms with Gasteiger partial charge in [-0.2, -0.15) is 0 Å². The van der Waals surface area contributed by atoms with E-state index in [0.29, 0.717) is 16.7 Å². The maximum Gasteiger partial charge on any atom is 0.223 e. The van der Waals surface area contributed by atoms with E-state index in [0.717, 1.165) is 61.3 Å². The van der Waals surface area contributed by atoms with E-state index in [1.54, 1.807) is 5.57 Å². The van der Waals surface area contributed by atoms with Crippen LogP contribution in [0.15, 0.2) is 11.6 Å². The van der Waals surface area contributed by atoms with Crippen molar-refractivity contribution in [1.82, 2.24) is 5.32 Å². The smallest absolute Gasteiger partial charge is 0.223 e. The standard InChI is InChI=1S/C37H66N2O.HI/c1-9-39(10-2,11-3)25-13-24-38-35(40)29-20-22-36(7)30(26-29)16-17-31-33-19-18-32(28(6)15-12-14-27(4)5)37(33,8)23-21-34(31)36;/h16,27-29,31-34H,9-15,17-26H2,1-8H3;1H/t28-,29+,31+,32-,33+,34+,36+,37-;/m1./s1. The summed E-state index contributed by atoms with van der Waals surface area (Å²) in [6.45, 7) is 25.2. The molecule has 4 heteroatoms. The minimum atomic E-state index is 0. The lowest BCUT2D eigenvalue weighted by molar-refractivity contribution is -0.923. The van der Waals surface area contributed by atoms with Crippen molar-refractivity contribution < 1.29 is 33.3 Å². The Morgan fingerprint density at radius 3 is 2.32 bits per heavy atom. The van der Waals surface area contributed by atoms with Crippen molar-refractivity contribution >= 4 is 5.91 Å². The Kier molecular flexibility index (Phi) is 12.8. The molecule has 238 valence electrons. The summed E-state index contributed by atoms with van der Waals surface area (Å²) < 4.78 is 1.17. The first-order valence-corrected chi connectivity index (χ1v) is 17.9. The normalized spacial score (nSPS) is 35.5. The minimum Gasteiger partial charge on any atom is -1.00 e. The van der Waals surface area contributed by atoms with Gasteiger partial charge >= 0.3 is 0 Å². The number of hydrogen-bond donors (Lipinski definition) is 1. The average Bonchev–Trinajstić information content (AvgIpc) is 3.30. The van der Waals surface area contributed by atoms with Gasteiger partial charge in [0.25, 0.3) is 0 Å². The molecule has 3 saturated carbocycles. The van der Waals surface area contributed by atoms with Crippen molar-refractivity contribution in [3.05, 3.63) is 11.6 Å². The summed E-state index contributed by atoms with van der Waals surface area (Å²) in [5.41, 5.74) is 2.54. The Hall–Kier alpha value is -0.100. The lowest BCUT2D eigenvalue weighted by atomic mass is 9.46. The van der Waals surface area contributed by atoms with Crippen molar-refractivity contribution in [3.63, 3.8) is 0 Å². The molecule has 0 aromatic rings. The number of fused-ring (bicyclic) bond motifs is 5. The zero-order valence-corrected chi connectivity index (χ0v) is 30.5. The summed E-state index contributed by atoms with van der Waals surface area (Å²) in [5.74, 6) is 5.80. The molecule has 0 spiro atoms. The van der Waals surface area contributed by atoms with Crippen molar-refractivity contribution in [2.75, 3.05) is 32.7 Å². The highest BCUT2D eigenvalue weighted by atomic mass is 127. The van der Waals surface area contributed by atoms with E-state index in [-0.39, 0.29) is 29.9 Å². The first-order valence-electron chi connectivity index (χ1n) is 17.9. The maximum absolute atomic E-state index is 13.3. The topological polar surface area (TPSA) is 29.1 Å². The molecule has 0 radical (unpaired) electrons. The first-order chi connectivity index (χ1) is 19.0. The maximum atomic E-state index is 13.3. The number of amides is 1. The van der Waals surface area contributed by atoms with Gasteiger partial charge in [0.05, 0.1) is 26.2 Å². The molecule has 0 aliphatic heterocycles. The molecule has 0 aromatic carbocycles. The summed E-state index contributed by atoms with van der Waals surface area (Å²) in [5, 5.41) is 3.36. The highest BCUT2D eigenvalue weighted by molar-refractivity contribution is 5.79. The molecule has 4 rings (SSSR count). The molecular weight excluding hydrogens is 615 g/mol. The van der Waals surface area contributed by atoms with E-state index in [9.17, 15) is 4.79 Å². The minimum absolute atomic E-state index is 0. The van der Waals surface area contributed by atoms with Gasteiger partial charge in [0.1, 0.15) is 0 Å². The van der Waals surface area contributed by atoms with Crippen LogP contribution in [0.4, 0.5) is 0 Å². The predicted molar refractivity (Wildman–Crippen MR) is 171 cm³/mol. The van der Waals surface area contributed by atoms with Gasteiger partial charge in [-0.05, 0) is 118 Å². The lowest BCUT2D eigenvalue weighted by Gasteiger charge is -2.58. The van der Waals surface area contributed by atoms with E-state index in [2.05, 4.69) is 66.8 Å². The van der Waals surface area contributed by atoms with Crippen LogP contribution in [0.5, 0.6) is 0 Å². The number of nitrogens with one attached hydrogen (secondary N) is 1. The number of rotatable bonds is 13. The fourth-order valence-electron chi connectivity index (χ4n) is 10.8. The number of carbonyl (C=O) groups excluding carboxylic acids is 1. The summed E-state index contributed by atoms with van der Waals surface area (Å²) in [6.07, 6.45) is 18.4. The zero-order valence-electron chi connectivity index (χ0n) is 28.4. The van der Waals surface area contributed by atoms with E-state index < -0.39 is 0 Å². The SMILES string of the molecule is CC[N+](CC)(CC)CCCNC(=O)[C@H]1CC[C@@]2(C)C(=CC[C@H]3[C@@H]4CC[C@H]([C@H](C)CCCC(C)C)[C@@]4(C)CC[C@@H]32)C1.[I-]. The molecule has 0 unspecified atom stereocenters.